The number of hydrogen-bond acceptors (Lipinski definition) is 1. The van der Waals surface area contributed by atoms with Gasteiger partial charge in [0.05, 0.1) is 0 Å². The monoisotopic (exact) mass is 276 g/mol. The lowest BCUT2D eigenvalue weighted by Gasteiger charge is -2.16. The minimum atomic E-state index is -1.04. The summed E-state index contributed by atoms with van der Waals surface area (Å²) < 4.78 is 0. The number of carbonyl (C=O) groups excluding carboxylic acids is 1. The second kappa shape index (κ2) is 7.64. The predicted octanol–water partition coefficient (Wildman–Crippen LogP) is 5.33. The zero-order chi connectivity index (χ0) is 14.3. The molecular formula is C17H28OSi. The average Bonchev–Trinajstić information content (AvgIpc) is 2.36. The molecule has 0 aliphatic heterocycles. The van der Waals surface area contributed by atoms with E-state index in [-0.39, 0.29) is 0 Å². The van der Waals surface area contributed by atoms with Gasteiger partial charge in [0.2, 0.25) is 0 Å². The van der Waals surface area contributed by atoms with E-state index in [1.807, 2.05) is 12.1 Å². The molecule has 0 radical (unpaired) electrons. The second-order valence-electron chi connectivity index (χ2n) is 6.60. The van der Waals surface area contributed by atoms with Crippen LogP contribution in [0, 0.1) is 0 Å². The minimum Gasteiger partial charge on any atom is -0.294 e. The zero-order valence-corrected chi connectivity index (χ0v) is 14.0. The highest BCUT2D eigenvalue weighted by molar-refractivity contribution is 6.76. The molecule has 0 heterocycles. The van der Waals surface area contributed by atoms with Crippen LogP contribution < -0.4 is 0 Å². The third kappa shape index (κ3) is 6.19. The molecule has 0 saturated carbocycles. The maximum atomic E-state index is 12.3. The van der Waals surface area contributed by atoms with Crippen molar-refractivity contribution < 1.29 is 4.79 Å². The summed E-state index contributed by atoms with van der Waals surface area (Å²) in [6.07, 6.45) is 5.12. The maximum absolute atomic E-state index is 12.3. The first-order chi connectivity index (χ1) is 8.94. The van der Waals surface area contributed by atoms with Crippen molar-refractivity contribution in [3.05, 3.63) is 35.4 Å². The van der Waals surface area contributed by atoms with E-state index in [1.54, 1.807) is 0 Å². The molecule has 0 unspecified atom stereocenters. The largest absolute Gasteiger partial charge is 0.294 e. The molecule has 106 valence electrons. The standard InChI is InChI=1S/C17H28OSi/c1-5-6-7-12-17(18)16-11-9-8-10-15(16)13-14-19(2,3)4/h8-11H,5-7,12-14H2,1-4H3. The molecule has 0 aliphatic carbocycles. The Hall–Kier alpha value is -0.893. The Balaban J connectivity index is 2.69. The number of carbonyl (C=O) groups is 1. The lowest BCUT2D eigenvalue weighted by Crippen LogP contribution is -2.20. The van der Waals surface area contributed by atoms with Gasteiger partial charge in [0.15, 0.2) is 5.78 Å². The van der Waals surface area contributed by atoms with Crippen LogP contribution in [0.4, 0.5) is 0 Å². The van der Waals surface area contributed by atoms with Crippen molar-refractivity contribution in [3.8, 4) is 0 Å². The van der Waals surface area contributed by atoms with Gasteiger partial charge < -0.3 is 0 Å². The lowest BCUT2D eigenvalue weighted by atomic mass is 9.98. The Kier molecular flexibility index (Phi) is 6.50. The fourth-order valence-corrected chi connectivity index (χ4v) is 3.21. The molecule has 1 aromatic rings. The van der Waals surface area contributed by atoms with E-state index in [2.05, 4.69) is 38.7 Å². The van der Waals surface area contributed by atoms with Crippen molar-refractivity contribution in [2.75, 3.05) is 0 Å². The van der Waals surface area contributed by atoms with Crippen molar-refractivity contribution in [3.63, 3.8) is 0 Å². The summed E-state index contributed by atoms with van der Waals surface area (Å²) >= 11 is 0. The molecule has 1 aromatic carbocycles. The van der Waals surface area contributed by atoms with Gasteiger partial charge in [-0.05, 0) is 18.4 Å². The van der Waals surface area contributed by atoms with Crippen LogP contribution in [0.3, 0.4) is 0 Å². The van der Waals surface area contributed by atoms with Crippen LogP contribution in [0.15, 0.2) is 24.3 Å². The quantitative estimate of drug-likeness (QED) is 0.356. The van der Waals surface area contributed by atoms with E-state index in [0.717, 1.165) is 24.8 Å². The van der Waals surface area contributed by atoms with E-state index in [9.17, 15) is 4.79 Å². The van der Waals surface area contributed by atoms with E-state index < -0.39 is 8.07 Å². The minimum absolute atomic E-state index is 0.333. The van der Waals surface area contributed by atoms with Crippen LogP contribution in [-0.2, 0) is 6.42 Å². The van der Waals surface area contributed by atoms with Crippen LogP contribution in [-0.4, -0.2) is 13.9 Å². The summed E-state index contributed by atoms with van der Waals surface area (Å²) in [5.41, 5.74) is 2.23. The summed E-state index contributed by atoms with van der Waals surface area (Å²) in [4.78, 5) is 12.3. The van der Waals surface area contributed by atoms with Gasteiger partial charge in [0.25, 0.3) is 0 Å². The molecule has 1 rings (SSSR count). The highest BCUT2D eigenvalue weighted by atomic mass is 28.3. The van der Waals surface area contributed by atoms with Crippen molar-refractivity contribution in [1.82, 2.24) is 0 Å². The van der Waals surface area contributed by atoms with Crippen LogP contribution in [0.5, 0.6) is 0 Å². The third-order valence-electron chi connectivity index (χ3n) is 3.47. The SMILES string of the molecule is CCCCCC(=O)c1ccccc1CC[Si](C)(C)C. The van der Waals surface area contributed by atoms with Crippen molar-refractivity contribution >= 4 is 13.9 Å². The first kappa shape index (κ1) is 16.2. The van der Waals surface area contributed by atoms with Crippen LogP contribution in [0.2, 0.25) is 25.7 Å². The topological polar surface area (TPSA) is 17.1 Å². The van der Waals surface area contributed by atoms with Gasteiger partial charge in [0, 0.05) is 20.1 Å². The second-order valence-corrected chi connectivity index (χ2v) is 12.2. The molecule has 0 fully saturated rings. The van der Waals surface area contributed by atoms with Crippen LogP contribution >= 0.6 is 0 Å². The van der Waals surface area contributed by atoms with Crippen molar-refractivity contribution in [2.24, 2.45) is 0 Å². The number of unbranched alkanes of at least 4 members (excludes halogenated alkanes) is 2. The van der Waals surface area contributed by atoms with Gasteiger partial charge in [-0.2, -0.15) is 0 Å². The summed E-state index contributed by atoms with van der Waals surface area (Å²) in [5.74, 6) is 0.333. The van der Waals surface area contributed by atoms with Crippen molar-refractivity contribution in [2.45, 2.75) is 64.7 Å². The Labute approximate surface area is 119 Å². The Bertz CT molecular complexity index is 404. The summed E-state index contributed by atoms with van der Waals surface area (Å²) in [7, 11) is -1.04. The number of rotatable bonds is 8. The average molecular weight is 276 g/mol. The zero-order valence-electron chi connectivity index (χ0n) is 13.0. The first-order valence-electron chi connectivity index (χ1n) is 7.55. The van der Waals surface area contributed by atoms with Gasteiger partial charge in [0.1, 0.15) is 0 Å². The molecule has 1 nitrogen and oxygen atoms in total. The number of Topliss-reactive ketones (excluding diaryl/α,β-unsaturated/α-hetero) is 1. The van der Waals surface area contributed by atoms with Gasteiger partial charge >= 0.3 is 0 Å². The molecule has 19 heavy (non-hydrogen) atoms. The van der Waals surface area contributed by atoms with Gasteiger partial charge in [-0.15, -0.1) is 0 Å². The molecule has 0 amide bonds. The molecule has 0 spiro atoms. The van der Waals surface area contributed by atoms with E-state index >= 15 is 0 Å². The fraction of sp³-hybridized carbons (Fsp3) is 0.588. The number of ketones is 1. The number of benzene rings is 1. The molecule has 0 N–H and O–H groups in total. The Morgan fingerprint density at radius 2 is 1.79 bits per heavy atom. The lowest BCUT2D eigenvalue weighted by molar-refractivity contribution is 0.0978. The smallest absolute Gasteiger partial charge is 0.163 e. The molecule has 0 bridgehead atoms. The maximum Gasteiger partial charge on any atom is 0.163 e. The highest BCUT2D eigenvalue weighted by Gasteiger charge is 2.15. The molecular weight excluding hydrogens is 248 g/mol. The van der Waals surface area contributed by atoms with E-state index in [0.29, 0.717) is 12.2 Å². The highest BCUT2D eigenvalue weighted by Crippen LogP contribution is 2.19. The summed E-state index contributed by atoms with van der Waals surface area (Å²) in [5, 5.41) is 0. The molecule has 0 atom stereocenters. The molecule has 0 saturated heterocycles. The van der Waals surface area contributed by atoms with E-state index in [1.165, 1.54) is 18.0 Å². The van der Waals surface area contributed by atoms with Gasteiger partial charge in [-0.1, -0.05) is 69.7 Å². The van der Waals surface area contributed by atoms with Gasteiger partial charge in [-0.3, -0.25) is 4.79 Å². The third-order valence-corrected chi connectivity index (χ3v) is 5.22. The number of hydrogen-bond donors (Lipinski definition) is 0. The Morgan fingerprint density at radius 3 is 2.42 bits per heavy atom. The predicted molar refractivity (Wildman–Crippen MR) is 86.8 cm³/mol. The van der Waals surface area contributed by atoms with Gasteiger partial charge in [-0.25, -0.2) is 0 Å². The van der Waals surface area contributed by atoms with Crippen molar-refractivity contribution in [1.29, 1.82) is 0 Å². The molecule has 0 aliphatic rings. The summed E-state index contributed by atoms with van der Waals surface area (Å²) in [6.45, 7) is 9.34. The van der Waals surface area contributed by atoms with E-state index in [4.69, 9.17) is 0 Å². The van der Waals surface area contributed by atoms with Crippen LogP contribution in [0.25, 0.3) is 0 Å². The summed E-state index contributed by atoms with van der Waals surface area (Å²) in [6, 6.07) is 9.45. The normalized spacial score (nSPS) is 11.6. The molecule has 2 heteroatoms. The Morgan fingerprint density at radius 1 is 1.11 bits per heavy atom. The van der Waals surface area contributed by atoms with Crippen LogP contribution in [0.1, 0.15) is 48.5 Å². The first-order valence-corrected chi connectivity index (χ1v) is 11.3. The fourth-order valence-electron chi connectivity index (χ4n) is 2.19. The molecule has 0 aromatic heterocycles. The number of aryl methyl sites for hydroxylation is 1.